The number of likely N-dealkylation sites (tertiary alicyclic amines) is 1. The second-order valence-electron chi connectivity index (χ2n) is 27.6. The minimum atomic E-state index is -0.364. The molecule has 1 heterocycles. The van der Waals surface area contributed by atoms with Gasteiger partial charge in [-0.2, -0.15) is 0 Å². The van der Waals surface area contributed by atoms with Crippen LogP contribution in [0.2, 0.25) is 0 Å². The standard InChI is InChI=1S/C73H21N2O2/c74-5-7-76-9-10-77-8-6-75-11-72-67-59-51-41-31-23-15-13-14-17-21-19(15)27-35-29(21)39-33-25(17)26-18(14)22-20-16(13)24(23)32-38-28(20)36-30(22)40-34(26)44-43(33)55-49(39)57-47(35)53(45(51)37(27)31)61(67)63(57)69-65(55)66-56(44)50(40)58-48(36)54-46(38)52(42(32)41)60(59)68(72)62(54)64(58)70(66)73(69,72)71(75)12-3-1-2-4-12/h1-4,71H,5-11,74H2. The van der Waals surface area contributed by atoms with Crippen LogP contribution in [0.1, 0.15) is 22.3 Å². The molecule has 34 rings (SSSR count). The van der Waals surface area contributed by atoms with Gasteiger partial charge in [0.1, 0.15) is 0 Å². The van der Waals surface area contributed by atoms with Gasteiger partial charge < -0.3 is 15.2 Å². The van der Waals surface area contributed by atoms with Gasteiger partial charge in [-0.25, -0.2) is 0 Å². The molecule has 1 saturated heterocycles. The summed E-state index contributed by atoms with van der Waals surface area (Å²) in [5.74, 6) is 1.49. The van der Waals surface area contributed by atoms with Crippen molar-refractivity contribution >= 4 is 291 Å². The molecule has 77 heavy (non-hydrogen) atoms. The van der Waals surface area contributed by atoms with Crippen LogP contribution < -0.4 is 5.73 Å². The van der Waals surface area contributed by atoms with Crippen molar-refractivity contribution < 1.29 is 9.47 Å². The molecule has 0 aromatic heterocycles. The molecule has 0 bridgehead atoms. The van der Waals surface area contributed by atoms with Crippen molar-refractivity contribution in [3.8, 4) is 0 Å². The van der Waals surface area contributed by atoms with Gasteiger partial charge >= 0.3 is 0 Å². The van der Waals surface area contributed by atoms with Crippen molar-refractivity contribution in [1.29, 1.82) is 0 Å². The average molecular weight is 958 g/mol. The maximum absolute atomic E-state index is 6.72. The van der Waals surface area contributed by atoms with E-state index in [4.69, 9.17) is 15.2 Å². The minimum absolute atomic E-state index is 0.116. The van der Waals surface area contributed by atoms with E-state index < -0.39 is 0 Å². The Kier molecular flexibility index (Phi) is 3.15. The Bertz CT molecular complexity index is 7130. The Balaban J connectivity index is 1.01. The lowest BCUT2D eigenvalue weighted by Crippen LogP contribution is -2.56. The topological polar surface area (TPSA) is 47.7 Å². The van der Waals surface area contributed by atoms with Crippen molar-refractivity contribution in [1.82, 2.24) is 4.90 Å². The summed E-state index contributed by atoms with van der Waals surface area (Å²) in [6.07, 6.45) is 9.83. The molecule has 1 aliphatic heterocycles. The zero-order valence-corrected chi connectivity index (χ0v) is 40.2. The fourth-order valence-electron chi connectivity index (χ4n) is 26.8. The molecular weight excluding hydrogens is 937 g/mol. The maximum Gasteiger partial charge on any atom is 0.0701 e. The number of nitrogens with two attached hydrogens (primary N) is 1. The molecule has 0 amide bonds. The van der Waals surface area contributed by atoms with E-state index in [0.717, 1.165) is 13.1 Å². The Labute approximate surface area is 425 Å². The monoisotopic (exact) mass is 957 g/mol. The average Bonchev–Trinajstić information content (AvgIpc) is 3.09. The van der Waals surface area contributed by atoms with Gasteiger partial charge in [0.15, 0.2) is 0 Å². The molecule has 2 fully saturated rings. The molecule has 2 spiro atoms. The van der Waals surface area contributed by atoms with Crippen molar-refractivity contribution in [2.24, 2.45) is 5.73 Å². The fraction of sp³-hybridized carbons (Fsp3) is 0.137. The summed E-state index contributed by atoms with van der Waals surface area (Å²) < 4.78 is 12.6. The maximum atomic E-state index is 6.72. The van der Waals surface area contributed by atoms with Crippen molar-refractivity contribution in [2.75, 3.05) is 46.1 Å². The smallest absolute Gasteiger partial charge is 0.0701 e. The summed E-state index contributed by atoms with van der Waals surface area (Å²) in [6.45, 7) is 4.83. The van der Waals surface area contributed by atoms with Gasteiger partial charge in [-0.3, -0.25) is 4.90 Å². The molecule has 6 aliphatic rings. The number of hydrogen-bond acceptors (Lipinski definition) is 4. The van der Waals surface area contributed by atoms with Crippen LogP contribution in [0.4, 0.5) is 0 Å². The first-order valence-corrected chi connectivity index (χ1v) is 29.0. The molecule has 4 heteroatoms. The largest absolute Gasteiger partial charge is 0.378 e. The summed E-state index contributed by atoms with van der Waals surface area (Å²) in [7, 11) is 0. The van der Waals surface area contributed by atoms with E-state index in [-0.39, 0.29) is 16.9 Å². The number of ether oxygens (including phenoxy) is 2. The van der Waals surface area contributed by atoms with Crippen molar-refractivity contribution in [3.05, 3.63) is 53.9 Å². The highest BCUT2D eigenvalue weighted by atomic mass is 16.5. The van der Waals surface area contributed by atoms with Gasteiger partial charge in [0.2, 0.25) is 0 Å². The number of benzene rings is 18. The van der Waals surface area contributed by atoms with Gasteiger partial charge in [-0.15, -0.1) is 0 Å². The lowest BCUT2D eigenvalue weighted by molar-refractivity contribution is 0.0395. The molecule has 335 valence electrons. The second-order valence-corrected chi connectivity index (χ2v) is 27.6. The highest BCUT2D eigenvalue weighted by Gasteiger charge is 2.77. The predicted octanol–water partition coefficient (Wildman–Crippen LogP) is 16.4. The van der Waals surface area contributed by atoms with Crippen LogP contribution in [0.25, 0.3) is 291 Å². The van der Waals surface area contributed by atoms with Crippen LogP contribution in [0.15, 0.2) is 0 Å². The molecule has 2 N–H and O–H groups in total. The van der Waals surface area contributed by atoms with Crippen LogP contribution in [-0.2, 0) is 20.3 Å². The van der Waals surface area contributed by atoms with Gasteiger partial charge in [0.25, 0.3) is 0 Å². The third kappa shape index (κ3) is 1.87. The minimum Gasteiger partial charge on any atom is -0.378 e. The van der Waals surface area contributed by atoms with E-state index >= 15 is 0 Å². The Morgan fingerprint density at radius 3 is 0.805 bits per heavy atom. The number of nitrogens with zero attached hydrogens (tertiary/aromatic N) is 1. The van der Waals surface area contributed by atoms with E-state index in [9.17, 15) is 0 Å². The Morgan fingerprint density at radius 1 is 0.312 bits per heavy atom. The molecular formula is C73H21N2O2. The Hall–Kier alpha value is -7.70. The molecule has 5 aliphatic carbocycles. The fourth-order valence-corrected chi connectivity index (χ4v) is 26.8. The van der Waals surface area contributed by atoms with Gasteiger partial charge in [0, 0.05) is 31.6 Å². The van der Waals surface area contributed by atoms with Crippen LogP contribution in [0.3, 0.4) is 0 Å². The van der Waals surface area contributed by atoms with E-state index in [1.807, 2.05) is 0 Å². The quantitative estimate of drug-likeness (QED) is 0.116. The number of rotatable bonds is 9. The summed E-state index contributed by atoms with van der Waals surface area (Å²) >= 11 is 0. The van der Waals surface area contributed by atoms with E-state index in [1.54, 1.807) is 313 Å². The third-order valence-electron chi connectivity index (χ3n) is 26.9. The summed E-state index contributed by atoms with van der Waals surface area (Å²) in [4.78, 5) is 3.03. The lowest BCUT2D eigenvalue weighted by atomic mass is 9.47. The zero-order chi connectivity index (χ0) is 46.4. The van der Waals surface area contributed by atoms with Gasteiger partial charge in [-0.05, 0) is 339 Å². The first-order valence-electron chi connectivity index (χ1n) is 29.0. The second kappa shape index (κ2) is 7.71. The summed E-state index contributed by atoms with van der Waals surface area (Å²) in [5, 5.41) is 89.6. The predicted molar refractivity (Wildman–Crippen MR) is 320 cm³/mol. The molecule has 1 atom stereocenters. The van der Waals surface area contributed by atoms with E-state index in [2.05, 4.69) is 30.6 Å². The van der Waals surface area contributed by atoms with E-state index in [1.165, 1.54) is 5.92 Å². The first-order chi connectivity index (χ1) is 38.4. The Morgan fingerprint density at radius 2 is 0.545 bits per heavy atom. The lowest BCUT2D eigenvalue weighted by Gasteiger charge is -2.53. The highest BCUT2D eigenvalue weighted by Crippen LogP contribution is 2.86. The van der Waals surface area contributed by atoms with Crippen LogP contribution >= 0.6 is 0 Å². The van der Waals surface area contributed by atoms with Gasteiger partial charge in [0.05, 0.1) is 37.3 Å². The summed E-state index contributed by atoms with van der Waals surface area (Å²) in [6, 6.07) is 0.116. The third-order valence-corrected chi connectivity index (χ3v) is 26.9. The van der Waals surface area contributed by atoms with Crippen LogP contribution in [0, 0.1) is 31.6 Å². The first kappa shape index (κ1) is 31.5. The molecule has 28 aromatic rings. The normalized spacial score (nSPS) is 24.2. The number of hydrogen-bond donors (Lipinski definition) is 1. The molecule has 28 aromatic carbocycles. The highest BCUT2D eigenvalue weighted by molar-refractivity contribution is 6.82. The van der Waals surface area contributed by atoms with Crippen LogP contribution in [-0.4, -0.2) is 57.0 Å². The van der Waals surface area contributed by atoms with E-state index in [0.29, 0.717) is 33.0 Å². The summed E-state index contributed by atoms with van der Waals surface area (Å²) in [5.41, 5.74) is 12.2. The molecule has 4 nitrogen and oxygen atoms in total. The zero-order valence-electron chi connectivity index (χ0n) is 40.2. The molecule has 1 saturated carbocycles. The molecule has 1 unspecified atom stereocenters. The molecule has 5 radical (unpaired) electrons. The van der Waals surface area contributed by atoms with Crippen LogP contribution in [0.5, 0.6) is 0 Å². The SMILES string of the molecule is NCCOCCOCCN1CC23c4c5c6c7c8c9c(c%10c%11c2c2c4c4c%12c5c5c6c6c8c8c%13c9c9c%10c%10c%11c%11c2c2c4c4c%12c%12c5c5c6c8c6c8c%13c9c9c%10c%10c%11c2c2c4c4c%12c5c6c5c8c9c%10c2c45)C73C1[C]1[CH][CH][CH][CH]1. The van der Waals surface area contributed by atoms with Crippen molar-refractivity contribution in [3.63, 3.8) is 0 Å². The van der Waals surface area contributed by atoms with Gasteiger partial charge in [-0.1, -0.05) is 0 Å². The van der Waals surface area contributed by atoms with Crippen molar-refractivity contribution in [2.45, 2.75) is 16.9 Å².